The summed E-state index contributed by atoms with van der Waals surface area (Å²) < 4.78 is 0. The monoisotopic (exact) mass is 216 g/mol. The third-order valence-electron chi connectivity index (χ3n) is 3.34. The molecular weight excluding hydrogens is 196 g/mol. The van der Waals surface area contributed by atoms with Crippen molar-refractivity contribution in [3.05, 3.63) is 47.5 Å². The van der Waals surface area contributed by atoms with Gasteiger partial charge in [0.1, 0.15) is 5.60 Å². The Morgan fingerprint density at radius 1 is 1.12 bits per heavy atom. The second-order valence-electron chi connectivity index (χ2n) is 5.69. The van der Waals surface area contributed by atoms with E-state index in [0.717, 1.165) is 18.4 Å². The molecule has 0 amide bonds. The van der Waals surface area contributed by atoms with E-state index in [1.165, 1.54) is 5.56 Å². The number of hydrogen-bond acceptors (Lipinski definition) is 1. The van der Waals surface area contributed by atoms with Gasteiger partial charge in [-0.05, 0) is 29.4 Å². The molecule has 1 nitrogen and oxygen atoms in total. The molecule has 1 aromatic carbocycles. The van der Waals surface area contributed by atoms with E-state index in [9.17, 15) is 5.11 Å². The first-order chi connectivity index (χ1) is 7.42. The van der Waals surface area contributed by atoms with Crippen molar-refractivity contribution in [1.29, 1.82) is 0 Å². The molecule has 0 fully saturated rings. The fourth-order valence-corrected chi connectivity index (χ4v) is 2.16. The Hall–Kier alpha value is -1.08. The molecule has 1 N–H and O–H groups in total. The second kappa shape index (κ2) is 3.74. The highest BCUT2D eigenvalue weighted by molar-refractivity contribution is 5.34. The van der Waals surface area contributed by atoms with Crippen molar-refractivity contribution >= 4 is 0 Å². The quantitative estimate of drug-likeness (QED) is 0.712. The van der Waals surface area contributed by atoms with Crippen LogP contribution in [0.25, 0.3) is 0 Å². The van der Waals surface area contributed by atoms with Crippen LogP contribution >= 0.6 is 0 Å². The zero-order valence-electron chi connectivity index (χ0n) is 10.3. The van der Waals surface area contributed by atoms with E-state index >= 15 is 0 Å². The highest BCUT2D eigenvalue weighted by Crippen LogP contribution is 2.34. The van der Waals surface area contributed by atoms with E-state index in [1.807, 2.05) is 6.08 Å². The lowest BCUT2D eigenvalue weighted by atomic mass is 9.84. The van der Waals surface area contributed by atoms with Gasteiger partial charge in [0.15, 0.2) is 0 Å². The predicted molar refractivity (Wildman–Crippen MR) is 67.4 cm³/mol. The van der Waals surface area contributed by atoms with Crippen LogP contribution in [0.2, 0.25) is 0 Å². The van der Waals surface area contributed by atoms with Crippen LogP contribution in [0.15, 0.2) is 36.4 Å². The van der Waals surface area contributed by atoms with Crippen LogP contribution in [0, 0.1) is 0 Å². The van der Waals surface area contributed by atoms with Crippen LogP contribution < -0.4 is 0 Å². The zero-order chi connectivity index (χ0) is 11.8. The molecule has 1 atom stereocenters. The van der Waals surface area contributed by atoms with Crippen LogP contribution in [0.3, 0.4) is 0 Å². The molecule has 0 radical (unpaired) electrons. The van der Waals surface area contributed by atoms with Gasteiger partial charge in [0, 0.05) is 0 Å². The van der Waals surface area contributed by atoms with E-state index in [2.05, 4.69) is 51.1 Å². The summed E-state index contributed by atoms with van der Waals surface area (Å²) in [6.45, 7) is 6.60. The number of rotatable bonds is 1. The topological polar surface area (TPSA) is 20.2 Å². The van der Waals surface area contributed by atoms with Crippen molar-refractivity contribution in [2.24, 2.45) is 0 Å². The number of hydrogen-bond donors (Lipinski definition) is 1. The molecule has 0 heterocycles. The maximum atomic E-state index is 10.4. The third kappa shape index (κ3) is 2.05. The zero-order valence-corrected chi connectivity index (χ0v) is 10.3. The highest BCUT2D eigenvalue weighted by atomic mass is 16.3. The lowest BCUT2D eigenvalue weighted by Crippen LogP contribution is -2.20. The molecule has 0 bridgehead atoms. The van der Waals surface area contributed by atoms with Crippen LogP contribution in [0.1, 0.15) is 44.7 Å². The first-order valence-electron chi connectivity index (χ1n) is 5.93. The molecule has 1 heteroatoms. The van der Waals surface area contributed by atoms with Crippen molar-refractivity contribution in [3.8, 4) is 0 Å². The molecule has 1 aliphatic rings. The van der Waals surface area contributed by atoms with Gasteiger partial charge in [-0.15, -0.1) is 0 Å². The van der Waals surface area contributed by atoms with Crippen LogP contribution in [-0.2, 0) is 11.0 Å². The third-order valence-corrected chi connectivity index (χ3v) is 3.34. The predicted octanol–water partition coefficient (Wildman–Crippen LogP) is 3.52. The molecule has 2 rings (SSSR count). The standard InChI is InChI=1S/C15H20O/c1-14(2,3)12-6-8-13(9-7-12)15(16)10-4-5-11-15/h4,6-10,16H,5,11H2,1-3H3. The SMILES string of the molecule is CC(C)(C)c1ccc(C2(O)C=CCC2)cc1. The van der Waals surface area contributed by atoms with Gasteiger partial charge in [-0.3, -0.25) is 0 Å². The molecule has 1 unspecified atom stereocenters. The van der Waals surface area contributed by atoms with Crippen LogP contribution in [0.4, 0.5) is 0 Å². The molecule has 1 aliphatic carbocycles. The summed E-state index contributed by atoms with van der Waals surface area (Å²) in [6, 6.07) is 8.35. The van der Waals surface area contributed by atoms with E-state index in [4.69, 9.17) is 0 Å². The Kier molecular flexibility index (Phi) is 2.67. The number of benzene rings is 1. The first kappa shape index (κ1) is 11.4. The summed E-state index contributed by atoms with van der Waals surface area (Å²) in [5, 5.41) is 10.4. The molecule has 1 aromatic rings. The average molecular weight is 216 g/mol. The van der Waals surface area contributed by atoms with E-state index in [1.54, 1.807) is 0 Å². The molecule has 0 spiro atoms. The lowest BCUT2D eigenvalue weighted by Gasteiger charge is -2.24. The number of aliphatic hydroxyl groups is 1. The van der Waals surface area contributed by atoms with Gasteiger partial charge in [-0.25, -0.2) is 0 Å². The van der Waals surface area contributed by atoms with Crippen LogP contribution in [-0.4, -0.2) is 5.11 Å². The Labute approximate surface area is 97.8 Å². The molecule has 86 valence electrons. The van der Waals surface area contributed by atoms with Gasteiger partial charge < -0.3 is 5.11 Å². The average Bonchev–Trinajstić information content (AvgIpc) is 2.66. The molecular formula is C15H20O. The largest absolute Gasteiger partial charge is 0.381 e. The van der Waals surface area contributed by atoms with Gasteiger partial charge in [-0.2, -0.15) is 0 Å². The molecule has 0 aliphatic heterocycles. The maximum absolute atomic E-state index is 10.4. The Morgan fingerprint density at radius 2 is 1.75 bits per heavy atom. The lowest BCUT2D eigenvalue weighted by molar-refractivity contribution is 0.0894. The van der Waals surface area contributed by atoms with Gasteiger partial charge in [0.05, 0.1) is 0 Å². The Morgan fingerprint density at radius 3 is 2.19 bits per heavy atom. The van der Waals surface area contributed by atoms with Crippen molar-refractivity contribution in [2.75, 3.05) is 0 Å². The summed E-state index contributed by atoms with van der Waals surface area (Å²) in [6.07, 6.45) is 5.75. The van der Waals surface area contributed by atoms with Gasteiger partial charge in [0.2, 0.25) is 0 Å². The second-order valence-corrected chi connectivity index (χ2v) is 5.69. The summed E-state index contributed by atoms with van der Waals surface area (Å²) in [7, 11) is 0. The summed E-state index contributed by atoms with van der Waals surface area (Å²) in [5.41, 5.74) is 1.76. The smallest absolute Gasteiger partial charge is 0.108 e. The molecule has 0 saturated carbocycles. The minimum Gasteiger partial charge on any atom is -0.381 e. The Bertz CT molecular complexity index is 394. The molecule has 0 saturated heterocycles. The van der Waals surface area contributed by atoms with Crippen molar-refractivity contribution in [2.45, 2.75) is 44.6 Å². The summed E-state index contributed by atoms with van der Waals surface area (Å²) >= 11 is 0. The van der Waals surface area contributed by atoms with E-state index in [-0.39, 0.29) is 5.41 Å². The van der Waals surface area contributed by atoms with Crippen molar-refractivity contribution in [1.82, 2.24) is 0 Å². The molecule has 0 aromatic heterocycles. The van der Waals surface area contributed by atoms with Gasteiger partial charge in [0.25, 0.3) is 0 Å². The fraction of sp³-hybridized carbons (Fsp3) is 0.467. The van der Waals surface area contributed by atoms with E-state index < -0.39 is 5.60 Å². The van der Waals surface area contributed by atoms with Crippen molar-refractivity contribution < 1.29 is 5.11 Å². The Balaban J connectivity index is 2.29. The van der Waals surface area contributed by atoms with Gasteiger partial charge in [-0.1, -0.05) is 57.2 Å². The number of allylic oxidation sites excluding steroid dienone is 1. The molecule has 16 heavy (non-hydrogen) atoms. The summed E-state index contributed by atoms with van der Waals surface area (Å²) in [4.78, 5) is 0. The van der Waals surface area contributed by atoms with Gasteiger partial charge >= 0.3 is 0 Å². The first-order valence-corrected chi connectivity index (χ1v) is 5.93. The maximum Gasteiger partial charge on any atom is 0.108 e. The van der Waals surface area contributed by atoms with E-state index in [0.29, 0.717) is 0 Å². The van der Waals surface area contributed by atoms with Crippen LogP contribution in [0.5, 0.6) is 0 Å². The normalized spacial score (nSPS) is 25.0. The summed E-state index contributed by atoms with van der Waals surface area (Å²) in [5.74, 6) is 0. The fourth-order valence-electron chi connectivity index (χ4n) is 2.16. The van der Waals surface area contributed by atoms with Crippen molar-refractivity contribution in [3.63, 3.8) is 0 Å². The minimum absolute atomic E-state index is 0.173. The highest BCUT2D eigenvalue weighted by Gasteiger charge is 2.28. The minimum atomic E-state index is -0.726.